The summed E-state index contributed by atoms with van der Waals surface area (Å²) in [5.74, 6) is 1.96. The predicted octanol–water partition coefficient (Wildman–Crippen LogP) is 5.47. The van der Waals surface area contributed by atoms with E-state index in [0.29, 0.717) is 28.9 Å². The molecule has 8 heteroatoms. The van der Waals surface area contributed by atoms with Crippen molar-refractivity contribution in [3.8, 4) is 17.1 Å². The SMILES string of the molecule is Clc1ccc(-c2nnc3ccc(NN=Cc4cccc(OCc5ccccc5)c4)nn23)cc1. The first-order valence-electron chi connectivity index (χ1n) is 10.3. The van der Waals surface area contributed by atoms with Crippen molar-refractivity contribution in [1.82, 2.24) is 19.8 Å². The molecule has 0 saturated carbocycles. The zero-order chi connectivity index (χ0) is 22.5. The molecule has 7 nitrogen and oxygen atoms in total. The molecule has 162 valence electrons. The maximum absolute atomic E-state index is 5.99. The van der Waals surface area contributed by atoms with Crippen LogP contribution in [0.3, 0.4) is 0 Å². The van der Waals surface area contributed by atoms with E-state index >= 15 is 0 Å². The third-order valence-corrected chi connectivity index (χ3v) is 5.12. The minimum atomic E-state index is 0.512. The van der Waals surface area contributed by atoms with Gasteiger partial charge in [0.2, 0.25) is 0 Å². The molecular formula is C25H19ClN6O. The molecule has 5 aromatic rings. The molecule has 0 fully saturated rings. The first kappa shape index (κ1) is 20.7. The van der Waals surface area contributed by atoms with Crippen LogP contribution in [-0.4, -0.2) is 26.0 Å². The molecule has 0 aliphatic carbocycles. The van der Waals surface area contributed by atoms with Gasteiger partial charge in [0.15, 0.2) is 17.3 Å². The van der Waals surface area contributed by atoms with Crippen LogP contribution >= 0.6 is 11.6 Å². The van der Waals surface area contributed by atoms with Crippen LogP contribution in [0.5, 0.6) is 5.75 Å². The number of benzene rings is 3. The van der Waals surface area contributed by atoms with E-state index in [1.54, 1.807) is 16.8 Å². The molecule has 0 atom stereocenters. The van der Waals surface area contributed by atoms with E-state index in [1.807, 2.05) is 84.9 Å². The second-order valence-corrected chi connectivity index (χ2v) is 7.67. The van der Waals surface area contributed by atoms with Gasteiger partial charge < -0.3 is 4.74 Å². The van der Waals surface area contributed by atoms with Gasteiger partial charge in [-0.1, -0.05) is 54.1 Å². The summed E-state index contributed by atoms with van der Waals surface area (Å²) in [4.78, 5) is 0. The Morgan fingerprint density at radius 1 is 0.909 bits per heavy atom. The molecule has 0 bridgehead atoms. The summed E-state index contributed by atoms with van der Waals surface area (Å²) < 4.78 is 7.55. The van der Waals surface area contributed by atoms with Gasteiger partial charge in [0.05, 0.1) is 6.21 Å². The number of nitrogens with zero attached hydrogens (tertiary/aromatic N) is 5. The maximum atomic E-state index is 5.99. The molecule has 1 N–H and O–H groups in total. The van der Waals surface area contributed by atoms with Crippen molar-refractivity contribution in [1.29, 1.82) is 0 Å². The summed E-state index contributed by atoms with van der Waals surface area (Å²) in [5.41, 5.74) is 6.49. The normalized spacial score (nSPS) is 11.2. The fourth-order valence-corrected chi connectivity index (χ4v) is 3.35. The Morgan fingerprint density at radius 3 is 2.61 bits per heavy atom. The van der Waals surface area contributed by atoms with Crippen LogP contribution in [0.25, 0.3) is 17.0 Å². The molecule has 0 aliphatic rings. The Kier molecular flexibility index (Phi) is 5.95. The number of nitrogens with one attached hydrogen (secondary N) is 1. The number of hydrogen-bond donors (Lipinski definition) is 1. The standard InChI is InChI=1S/C25H19ClN6O/c26-21-11-9-20(10-12-21)25-30-29-24-14-13-23(31-32(24)25)28-27-16-19-7-4-8-22(15-19)33-17-18-5-2-1-3-6-18/h1-16H,17H2,(H,28,31). The zero-order valence-corrected chi connectivity index (χ0v) is 18.2. The average Bonchev–Trinajstić information content (AvgIpc) is 3.28. The molecule has 5 rings (SSSR count). The maximum Gasteiger partial charge on any atom is 0.185 e. The van der Waals surface area contributed by atoms with Gasteiger partial charge in [0.25, 0.3) is 0 Å². The number of hydrazone groups is 1. The molecule has 33 heavy (non-hydrogen) atoms. The van der Waals surface area contributed by atoms with Crippen molar-refractivity contribution in [3.63, 3.8) is 0 Å². The Hall–Kier alpha value is -4.23. The second-order valence-electron chi connectivity index (χ2n) is 7.24. The van der Waals surface area contributed by atoms with Crippen molar-refractivity contribution in [2.24, 2.45) is 5.10 Å². The third kappa shape index (κ3) is 4.99. The predicted molar refractivity (Wildman–Crippen MR) is 130 cm³/mol. The lowest BCUT2D eigenvalue weighted by Crippen LogP contribution is -2.00. The third-order valence-electron chi connectivity index (χ3n) is 4.86. The van der Waals surface area contributed by atoms with Crippen LogP contribution in [0.4, 0.5) is 5.82 Å². The lowest BCUT2D eigenvalue weighted by molar-refractivity contribution is 0.306. The van der Waals surface area contributed by atoms with E-state index in [4.69, 9.17) is 16.3 Å². The topological polar surface area (TPSA) is 76.7 Å². The van der Waals surface area contributed by atoms with E-state index in [0.717, 1.165) is 22.4 Å². The van der Waals surface area contributed by atoms with E-state index in [1.165, 1.54) is 0 Å². The van der Waals surface area contributed by atoms with Crippen LogP contribution in [0.15, 0.2) is 96.1 Å². The molecule has 2 aromatic heterocycles. The summed E-state index contributed by atoms with van der Waals surface area (Å²) in [7, 11) is 0. The molecule has 0 saturated heterocycles. The van der Waals surface area contributed by atoms with E-state index < -0.39 is 0 Å². The Morgan fingerprint density at radius 2 is 1.76 bits per heavy atom. The molecule has 2 heterocycles. The summed E-state index contributed by atoms with van der Waals surface area (Å²) in [6, 6.07) is 28.8. The summed E-state index contributed by atoms with van der Waals surface area (Å²) >= 11 is 5.99. The minimum Gasteiger partial charge on any atom is -0.489 e. The second kappa shape index (κ2) is 9.50. The van der Waals surface area contributed by atoms with Gasteiger partial charge >= 0.3 is 0 Å². The van der Waals surface area contributed by atoms with E-state index in [9.17, 15) is 0 Å². The minimum absolute atomic E-state index is 0.512. The van der Waals surface area contributed by atoms with Gasteiger partial charge in [-0.15, -0.1) is 15.3 Å². The number of aromatic nitrogens is 4. The van der Waals surface area contributed by atoms with Gasteiger partial charge in [-0.2, -0.15) is 9.62 Å². The highest BCUT2D eigenvalue weighted by Crippen LogP contribution is 2.21. The first-order chi connectivity index (χ1) is 16.2. The quantitative estimate of drug-likeness (QED) is 0.260. The fourth-order valence-electron chi connectivity index (χ4n) is 3.23. The van der Waals surface area contributed by atoms with Crippen LogP contribution in [0.1, 0.15) is 11.1 Å². The van der Waals surface area contributed by atoms with Crippen molar-refractivity contribution in [2.45, 2.75) is 6.61 Å². The zero-order valence-electron chi connectivity index (χ0n) is 17.5. The van der Waals surface area contributed by atoms with Crippen LogP contribution in [0.2, 0.25) is 5.02 Å². The molecule has 0 amide bonds. The highest BCUT2D eigenvalue weighted by molar-refractivity contribution is 6.30. The number of rotatable bonds is 7. The number of hydrogen-bond acceptors (Lipinski definition) is 6. The lowest BCUT2D eigenvalue weighted by Gasteiger charge is -2.07. The molecule has 0 spiro atoms. The highest BCUT2D eigenvalue weighted by Gasteiger charge is 2.10. The van der Waals surface area contributed by atoms with Gasteiger partial charge in [-0.3, -0.25) is 5.43 Å². The molecule has 0 radical (unpaired) electrons. The monoisotopic (exact) mass is 454 g/mol. The lowest BCUT2D eigenvalue weighted by atomic mass is 10.2. The smallest absolute Gasteiger partial charge is 0.185 e. The molecular weight excluding hydrogens is 436 g/mol. The van der Waals surface area contributed by atoms with Crippen LogP contribution < -0.4 is 10.2 Å². The Balaban J connectivity index is 1.28. The van der Waals surface area contributed by atoms with E-state index in [-0.39, 0.29) is 0 Å². The Bertz CT molecular complexity index is 1400. The van der Waals surface area contributed by atoms with Crippen LogP contribution in [-0.2, 0) is 6.61 Å². The van der Waals surface area contributed by atoms with Crippen LogP contribution in [0, 0.1) is 0 Å². The number of anilines is 1. The molecule has 3 aromatic carbocycles. The van der Waals surface area contributed by atoms with Gasteiger partial charge in [-0.25, -0.2) is 0 Å². The molecule has 0 aliphatic heterocycles. The Labute approximate surface area is 195 Å². The van der Waals surface area contributed by atoms with Gasteiger partial charge in [0, 0.05) is 10.6 Å². The fraction of sp³-hybridized carbons (Fsp3) is 0.0400. The summed E-state index contributed by atoms with van der Waals surface area (Å²) in [6.07, 6.45) is 1.72. The highest BCUT2D eigenvalue weighted by atomic mass is 35.5. The average molecular weight is 455 g/mol. The van der Waals surface area contributed by atoms with Gasteiger partial charge in [0.1, 0.15) is 12.4 Å². The first-order valence-corrected chi connectivity index (χ1v) is 10.7. The largest absolute Gasteiger partial charge is 0.489 e. The molecule has 0 unspecified atom stereocenters. The summed E-state index contributed by atoms with van der Waals surface area (Å²) in [5, 5.41) is 17.9. The van der Waals surface area contributed by atoms with Crippen molar-refractivity contribution >= 4 is 29.3 Å². The van der Waals surface area contributed by atoms with E-state index in [2.05, 4.69) is 25.8 Å². The van der Waals surface area contributed by atoms with Crippen molar-refractivity contribution < 1.29 is 4.74 Å². The number of ether oxygens (including phenoxy) is 1. The van der Waals surface area contributed by atoms with Crippen molar-refractivity contribution in [3.05, 3.63) is 107 Å². The van der Waals surface area contributed by atoms with Crippen molar-refractivity contribution in [2.75, 3.05) is 5.43 Å². The summed E-state index contributed by atoms with van der Waals surface area (Å²) in [6.45, 7) is 0.512. The number of halogens is 1. The van der Waals surface area contributed by atoms with Gasteiger partial charge in [-0.05, 0) is 59.7 Å². The number of fused-ring (bicyclic) bond motifs is 1.